The lowest BCUT2D eigenvalue weighted by atomic mass is 10.1. The van der Waals surface area contributed by atoms with E-state index in [0.29, 0.717) is 46.0 Å². The number of para-hydroxylation sites is 1. The maximum Gasteiger partial charge on any atom is 0.265 e. The summed E-state index contributed by atoms with van der Waals surface area (Å²) < 4.78 is 13.2. The standard InChI is InChI=1S/C28H27N3O4/c1-18-9-14-25(26(16-18)35-17-22-6-5-15-34-22)30-27(32)20-10-12-21(13-11-20)31-19(2)29-24-8-4-3-7-23(24)28(31)33/h3-4,7-14,16,22H,5-6,15,17H2,1-2H3,(H,30,32). The first-order valence-corrected chi connectivity index (χ1v) is 11.7. The Morgan fingerprint density at radius 1 is 1.11 bits per heavy atom. The van der Waals surface area contributed by atoms with E-state index >= 15 is 0 Å². The van der Waals surface area contributed by atoms with Crippen molar-refractivity contribution in [3.63, 3.8) is 0 Å². The summed E-state index contributed by atoms with van der Waals surface area (Å²) in [5.74, 6) is 0.941. The van der Waals surface area contributed by atoms with Crippen LogP contribution in [0.15, 0.2) is 71.5 Å². The fourth-order valence-electron chi connectivity index (χ4n) is 4.31. The van der Waals surface area contributed by atoms with E-state index in [1.54, 1.807) is 41.8 Å². The van der Waals surface area contributed by atoms with Crippen LogP contribution in [-0.2, 0) is 4.74 Å². The molecule has 0 radical (unpaired) electrons. The quantitative estimate of drug-likeness (QED) is 0.438. The molecule has 5 rings (SSSR count). The van der Waals surface area contributed by atoms with Gasteiger partial charge in [0.25, 0.3) is 11.5 Å². The van der Waals surface area contributed by atoms with E-state index in [-0.39, 0.29) is 17.6 Å². The average Bonchev–Trinajstić information content (AvgIpc) is 3.38. The average molecular weight is 470 g/mol. The van der Waals surface area contributed by atoms with E-state index in [2.05, 4.69) is 10.3 Å². The monoisotopic (exact) mass is 469 g/mol. The van der Waals surface area contributed by atoms with Crippen molar-refractivity contribution in [1.29, 1.82) is 0 Å². The van der Waals surface area contributed by atoms with Crippen LogP contribution in [0.25, 0.3) is 16.6 Å². The number of anilines is 1. The van der Waals surface area contributed by atoms with Gasteiger partial charge in [-0.05, 0) is 80.8 Å². The molecule has 4 aromatic rings. The molecule has 0 aliphatic carbocycles. The third-order valence-corrected chi connectivity index (χ3v) is 6.17. The highest BCUT2D eigenvalue weighted by atomic mass is 16.5. The predicted molar refractivity (Wildman–Crippen MR) is 136 cm³/mol. The maximum absolute atomic E-state index is 13.1. The van der Waals surface area contributed by atoms with Gasteiger partial charge in [-0.2, -0.15) is 0 Å². The van der Waals surface area contributed by atoms with E-state index in [9.17, 15) is 9.59 Å². The van der Waals surface area contributed by atoms with Crippen LogP contribution in [-0.4, -0.2) is 34.8 Å². The second-order valence-electron chi connectivity index (χ2n) is 8.76. The van der Waals surface area contributed by atoms with Crippen molar-refractivity contribution in [3.8, 4) is 11.4 Å². The van der Waals surface area contributed by atoms with Crippen molar-refractivity contribution in [2.75, 3.05) is 18.5 Å². The van der Waals surface area contributed by atoms with Crippen molar-refractivity contribution < 1.29 is 14.3 Å². The minimum absolute atomic E-state index is 0.0862. The van der Waals surface area contributed by atoms with Gasteiger partial charge in [-0.15, -0.1) is 0 Å². The molecule has 3 aromatic carbocycles. The van der Waals surface area contributed by atoms with Gasteiger partial charge in [-0.1, -0.05) is 18.2 Å². The molecule has 1 atom stereocenters. The SMILES string of the molecule is Cc1ccc(NC(=O)c2ccc(-n3c(C)nc4ccccc4c3=O)cc2)c(OCC2CCCO2)c1. The maximum atomic E-state index is 13.1. The summed E-state index contributed by atoms with van der Waals surface area (Å²) >= 11 is 0. The van der Waals surface area contributed by atoms with Gasteiger partial charge in [0.15, 0.2) is 0 Å². The van der Waals surface area contributed by atoms with Crippen molar-refractivity contribution in [2.45, 2.75) is 32.8 Å². The number of nitrogens with one attached hydrogen (secondary N) is 1. The van der Waals surface area contributed by atoms with Gasteiger partial charge in [-0.25, -0.2) is 4.98 Å². The Balaban J connectivity index is 1.36. The Morgan fingerprint density at radius 3 is 2.69 bits per heavy atom. The van der Waals surface area contributed by atoms with Gasteiger partial charge in [0.05, 0.1) is 28.4 Å². The zero-order chi connectivity index (χ0) is 24.4. The summed E-state index contributed by atoms with van der Waals surface area (Å²) in [5.41, 5.74) is 3.29. The summed E-state index contributed by atoms with van der Waals surface area (Å²) in [6, 6.07) is 19.9. The number of carbonyl (C=O) groups excluding carboxylic acids is 1. The Hall–Kier alpha value is -3.97. The highest BCUT2D eigenvalue weighted by Gasteiger charge is 2.18. The van der Waals surface area contributed by atoms with Crippen LogP contribution in [0.5, 0.6) is 5.75 Å². The van der Waals surface area contributed by atoms with Crippen molar-refractivity contribution >= 4 is 22.5 Å². The molecule has 7 heteroatoms. The minimum atomic E-state index is -0.261. The number of aromatic nitrogens is 2. The first kappa shape index (κ1) is 22.8. The molecular weight excluding hydrogens is 442 g/mol. The number of aryl methyl sites for hydroxylation is 2. The van der Waals surface area contributed by atoms with E-state index in [4.69, 9.17) is 9.47 Å². The minimum Gasteiger partial charge on any atom is -0.489 e. The first-order chi connectivity index (χ1) is 17.0. The topological polar surface area (TPSA) is 82.5 Å². The van der Waals surface area contributed by atoms with Crippen LogP contribution in [0, 0.1) is 13.8 Å². The van der Waals surface area contributed by atoms with Gasteiger partial charge >= 0.3 is 0 Å². The van der Waals surface area contributed by atoms with Crippen LogP contribution >= 0.6 is 0 Å². The number of nitrogens with zero attached hydrogens (tertiary/aromatic N) is 2. The zero-order valence-electron chi connectivity index (χ0n) is 19.8. The molecule has 1 aliphatic heterocycles. The molecule has 7 nitrogen and oxygen atoms in total. The van der Waals surface area contributed by atoms with E-state index < -0.39 is 0 Å². The van der Waals surface area contributed by atoms with Crippen LogP contribution in [0.1, 0.15) is 34.6 Å². The van der Waals surface area contributed by atoms with Gasteiger partial charge in [0.1, 0.15) is 18.2 Å². The number of amides is 1. The Labute approximate surface area is 203 Å². The summed E-state index contributed by atoms with van der Waals surface area (Å²) in [4.78, 5) is 30.6. The molecule has 1 aromatic heterocycles. The summed E-state index contributed by atoms with van der Waals surface area (Å²) in [6.45, 7) is 5.00. The van der Waals surface area contributed by atoms with Crippen molar-refractivity contribution in [1.82, 2.24) is 9.55 Å². The van der Waals surface area contributed by atoms with Crippen molar-refractivity contribution in [3.05, 3.63) is 94.0 Å². The molecule has 0 saturated carbocycles. The summed E-state index contributed by atoms with van der Waals surface area (Å²) in [7, 11) is 0. The molecule has 35 heavy (non-hydrogen) atoms. The van der Waals surface area contributed by atoms with Gasteiger partial charge in [0, 0.05) is 12.2 Å². The molecule has 1 unspecified atom stereocenters. The van der Waals surface area contributed by atoms with Crippen LogP contribution < -0.4 is 15.6 Å². The molecule has 1 saturated heterocycles. The lowest BCUT2D eigenvalue weighted by Gasteiger charge is -2.16. The number of fused-ring (bicyclic) bond motifs is 1. The highest BCUT2D eigenvalue weighted by Crippen LogP contribution is 2.27. The lowest BCUT2D eigenvalue weighted by Crippen LogP contribution is -2.22. The Bertz CT molecular complexity index is 1440. The summed E-state index contributed by atoms with van der Waals surface area (Å²) in [5, 5.41) is 3.50. The predicted octanol–water partition coefficient (Wildman–Crippen LogP) is 4.81. The number of ether oxygens (including phenoxy) is 2. The fraction of sp³-hybridized carbons (Fsp3) is 0.250. The molecule has 1 fully saturated rings. The van der Waals surface area contributed by atoms with E-state index in [1.165, 1.54) is 0 Å². The largest absolute Gasteiger partial charge is 0.489 e. The van der Waals surface area contributed by atoms with E-state index in [0.717, 1.165) is 25.0 Å². The molecule has 0 spiro atoms. The van der Waals surface area contributed by atoms with Crippen LogP contribution in [0.3, 0.4) is 0 Å². The lowest BCUT2D eigenvalue weighted by molar-refractivity contribution is 0.0681. The highest BCUT2D eigenvalue weighted by molar-refractivity contribution is 6.05. The Kier molecular flexibility index (Phi) is 6.33. The molecule has 1 N–H and O–H groups in total. The Morgan fingerprint density at radius 2 is 1.91 bits per heavy atom. The number of benzene rings is 3. The second kappa shape index (κ2) is 9.72. The molecule has 0 bridgehead atoms. The number of rotatable bonds is 6. The third kappa shape index (κ3) is 4.81. The fourth-order valence-corrected chi connectivity index (χ4v) is 4.31. The molecule has 1 amide bonds. The summed E-state index contributed by atoms with van der Waals surface area (Å²) in [6.07, 6.45) is 2.11. The van der Waals surface area contributed by atoms with Gasteiger partial charge < -0.3 is 14.8 Å². The van der Waals surface area contributed by atoms with Gasteiger partial charge in [-0.3, -0.25) is 14.2 Å². The molecule has 1 aliphatic rings. The number of hydrogen-bond acceptors (Lipinski definition) is 5. The second-order valence-corrected chi connectivity index (χ2v) is 8.76. The number of hydrogen-bond donors (Lipinski definition) is 1. The van der Waals surface area contributed by atoms with Crippen molar-refractivity contribution in [2.24, 2.45) is 0 Å². The molecule has 2 heterocycles. The first-order valence-electron chi connectivity index (χ1n) is 11.7. The van der Waals surface area contributed by atoms with Crippen LogP contribution in [0.2, 0.25) is 0 Å². The van der Waals surface area contributed by atoms with Gasteiger partial charge in [0.2, 0.25) is 0 Å². The third-order valence-electron chi connectivity index (χ3n) is 6.17. The normalized spacial score (nSPS) is 15.3. The van der Waals surface area contributed by atoms with Crippen LogP contribution in [0.4, 0.5) is 5.69 Å². The van der Waals surface area contributed by atoms with E-state index in [1.807, 2.05) is 43.3 Å². The molecule has 178 valence electrons. The molecular formula is C28H27N3O4. The number of carbonyl (C=O) groups is 1. The zero-order valence-corrected chi connectivity index (χ0v) is 19.8. The smallest absolute Gasteiger partial charge is 0.265 e.